The third kappa shape index (κ3) is 2.40. The standard InChI is InChI=1S/C13H24N2O/c1-12(6-3-4-7-12)10-14-11(16)13(2)8-5-9-15-13/h15H,3-10H2,1-2H3,(H,14,16). The number of hydrogen-bond donors (Lipinski definition) is 2. The third-order valence-corrected chi connectivity index (χ3v) is 4.36. The summed E-state index contributed by atoms with van der Waals surface area (Å²) in [6.07, 6.45) is 7.25. The maximum absolute atomic E-state index is 12.1. The van der Waals surface area contributed by atoms with Gasteiger partial charge in [0.05, 0.1) is 5.54 Å². The quantitative estimate of drug-likeness (QED) is 0.768. The maximum Gasteiger partial charge on any atom is 0.240 e. The molecule has 1 amide bonds. The SMILES string of the molecule is CC1(CNC(=O)C2(C)CCCN2)CCCC1. The normalized spacial score (nSPS) is 32.9. The highest BCUT2D eigenvalue weighted by atomic mass is 16.2. The van der Waals surface area contributed by atoms with Gasteiger partial charge in [-0.05, 0) is 44.6 Å². The van der Waals surface area contributed by atoms with Crippen LogP contribution in [0.25, 0.3) is 0 Å². The van der Waals surface area contributed by atoms with E-state index in [9.17, 15) is 4.79 Å². The first-order valence-corrected chi connectivity index (χ1v) is 6.58. The molecule has 1 saturated carbocycles. The Morgan fingerprint density at radius 1 is 1.19 bits per heavy atom. The van der Waals surface area contributed by atoms with E-state index in [0.717, 1.165) is 25.9 Å². The van der Waals surface area contributed by atoms with Crippen LogP contribution in [0.1, 0.15) is 52.4 Å². The van der Waals surface area contributed by atoms with Crippen LogP contribution in [0.3, 0.4) is 0 Å². The zero-order chi connectivity index (χ0) is 11.6. The molecule has 0 spiro atoms. The molecular weight excluding hydrogens is 200 g/mol. The molecule has 0 aromatic rings. The molecule has 0 bridgehead atoms. The molecule has 2 N–H and O–H groups in total. The molecule has 16 heavy (non-hydrogen) atoms. The van der Waals surface area contributed by atoms with Crippen molar-refractivity contribution in [3.8, 4) is 0 Å². The van der Waals surface area contributed by atoms with Gasteiger partial charge in [0.15, 0.2) is 0 Å². The van der Waals surface area contributed by atoms with Crippen LogP contribution in [0, 0.1) is 5.41 Å². The van der Waals surface area contributed by atoms with Gasteiger partial charge in [0.1, 0.15) is 0 Å². The summed E-state index contributed by atoms with van der Waals surface area (Å²) in [5.41, 5.74) is 0.0413. The van der Waals surface area contributed by atoms with E-state index in [1.807, 2.05) is 6.92 Å². The largest absolute Gasteiger partial charge is 0.354 e. The molecule has 0 radical (unpaired) electrons. The molecule has 1 atom stereocenters. The van der Waals surface area contributed by atoms with E-state index in [1.54, 1.807) is 0 Å². The topological polar surface area (TPSA) is 41.1 Å². The summed E-state index contributed by atoms with van der Waals surface area (Å²) in [6.45, 7) is 6.14. The van der Waals surface area contributed by atoms with Crippen molar-refractivity contribution in [2.75, 3.05) is 13.1 Å². The number of rotatable bonds is 3. The summed E-state index contributed by atoms with van der Waals surface area (Å²) in [5.74, 6) is 0.193. The van der Waals surface area contributed by atoms with E-state index in [-0.39, 0.29) is 11.4 Å². The van der Waals surface area contributed by atoms with Crippen molar-refractivity contribution in [2.45, 2.75) is 57.9 Å². The van der Waals surface area contributed by atoms with Crippen LogP contribution in [-0.2, 0) is 4.79 Å². The Kier molecular flexibility index (Phi) is 3.24. The van der Waals surface area contributed by atoms with Gasteiger partial charge in [-0.2, -0.15) is 0 Å². The van der Waals surface area contributed by atoms with Crippen LogP contribution >= 0.6 is 0 Å². The Morgan fingerprint density at radius 2 is 1.88 bits per heavy atom. The molecule has 0 aromatic carbocycles. The van der Waals surface area contributed by atoms with E-state index in [1.165, 1.54) is 25.7 Å². The van der Waals surface area contributed by atoms with E-state index in [0.29, 0.717) is 5.41 Å². The predicted molar refractivity (Wildman–Crippen MR) is 65.2 cm³/mol. The average Bonchev–Trinajstić information content (AvgIpc) is 2.86. The summed E-state index contributed by atoms with van der Waals surface area (Å²) in [5, 5.41) is 6.45. The zero-order valence-electron chi connectivity index (χ0n) is 10.6. The smallest absolute Gasteiger partial charge is 0.240 e. The highest BCUT2D eigenvalue weighted by Gasteiger charge is 2.37. The van der Waals surface area contributed by atoms with Crippen LogP contribution in [0.4, 0.5) is 0 Å². The van der Waals surface area contributed by atoms with E-state index >= 15 is 0 Å². The van der Waals surface area contributed by atoms with Crippen LogP contribution in [0.2, 0.25) is 0 Å². The lowest BCUT2D eigenvalue weighted by Crippen LogP contribution is -2.52. The van der Waals surface area contributed by atoms with Crippen LogP contribution in [0.15, 0.2) is 0 Å². The van der Waals surface area contributed by atoms with Gasteiger partial charge in [-0.1, -0.05) is 19.8 Å². The highest BCUT2D eigenvalue weighted by molar-refractivity contribution is 5.86. The number of amides is 1. The molecule has 1 heterocycles. The van der Waals surface area contributed by atoms with E-state index in [4.69, 9.17) is 0 Å². The van der Waals surface area contributed by atoms with Crippen molar-refractivity contribution < 1.29 is 4.79 Å². The summed E-state index contributed by atoms with van der Waals surface area (Å²) < 4.78 is 0. The van der Waals surface area contributed by atoms with Gasteiger partial charge >= 0.3 is 0 Å². The molecule has 92 valence electrons. The molecule has 2 rings (SSSR count). The molecule has 3 heteroatoms. The third-order valence-electron chi connectivity index (χ3n) is 4.36. The Morgan fingerprint density at radius 3 is 2.44 bits per heavy atom. The van der Waals surface area contributed by atoms with Crippen molar-refractivity contribution in [3.05, 3.63) is 0 Å². The monoisotopic (exact) mass is 224 g/mol. The first kappa shape index (κ1) is 11.9. The van der Waals surface area contributed by atoms with Gasteiger partial charge in [-0.25, -0.2) is 0 Å². The minimum atomic E-state index is -0.311. The fourth-order valence-electron chi connectivity index (χ4n) is 2.98. The molecule has 0 aromatic heterocycles. The minimum Gasteiger partial charge on any atom is -0.354 e. The van der Waals surface area contributed by atoms with Crippen LogP contribution in [0.5, 0.6) is 0 Å². The van der Waals surface area contributed by atoms with Crippen LogP contribution < -0.4 is 10.6 Å². The van der Waals surface area contributed by atoms with Gasteiger partial charge in [-0.15, -0.1) is 0 Å². The molecule has 1 aliphatic heterocycles. The van der Waals surface area contributed by atoms with Crippen molar-refractivity contribution >= 4 is 5.91 Å². The molecule has 2 aliphatic rings. The Balaban J connectivity index is 1.83. The number of nitrogens with one attached hydrogen (secondary N) is 2. The molecule has 3 nitrogen and oxygen atoms in total. The van der Waals surface area contributed by atoms with Gasteiger partial charge in [0.2, 0.25) is 5.91 Å². The lowest BCUT2D eigenvalue weighted by atomic mass is 9.88. The first-order chi connectivity index (χ1) is 7.54. The van der Waals surface area contributed by atoms with Crippen molar-refractivity contribution in [1.29, 1.82) is 0 Å². The van der Waals surface area contributed by atoms with Crippen molar-refractivity contribution in [3.63, 3.8) is 0 Å². The highest BCUT2D eigenvalue weighted by Crippen LogP contribution is 2.36. The average molecular weight is 224 g/mol. The second kappa shape index (κ2) is 4.36. The summed E-state index contributed by atoms with van der Waals surface area (Å²) in [4.78, 5) is 12.1. The molecule has 2 fully saturated rings. The van der Waals surface area contributed by atoms with E-state index in [2.05, 4.69) is 17.6 Å². The Bertz CT molecular complexity index is 263. The predicted octanol–water partition coefficient (Wildman–Crippen LogP) is 1.82. The maximum atomic E-state index is 12.1. The summed E-state index contributed by atoms with van der Waals surface area (Å²) in [6, 6.07) is 0. The zero-order valence-corrected chi connectivity index (χ0v) is 10.6. The fraction of sp³-hybridized carbons (Fsp3) is 0.923. The Labute approximate surface area is 98.4 Å². The van der Waals surface area contributed by atoms with Crippen molar-refractivity contribution in [2.24, 2.45) is 5.41 Å². The molecule has 1 unspecified atom stereocenters. The second-order valence-corrected chi connectivity index (χ2v) is 6.06. The summed E-state index contributed by atoms with van der Waals surface area (Å²) in [7, 11) is 0. The number of carbonyl (C=O) groups is 1. The van der Waals surface area contributed by atoms with Gasteiger partial charge in [-0.3, -0.25) is 4.79 Å². The molecular formula is C13H24N2O. The van der Waals surface area contributed by atoms with Crippen molar-refractivity contribution in [1.82, 2.24) is 10.6 Å². The second-order valence-electron chi connectivity index (χ2n) is 6.06. The number of carbonyl (C=O) groups excluding carboxylic acids is 1. The minimum absolute atomic E-state index is 0.193. The Hall–Kier alpha value is -0.570. The lowest BCUT2D eigenvalue weighted by molar-refractivity contribution is -0.127. The van der Waals surface area contributed by atoms with Gasteiger partial charge in [0.25, 0.3) is 0 Å². The number of hydrogen-bond acceptors (Lipinski definition) is 2. The van der Waals surface area contributed by atoms with E-state index < -0.39 is 0 Å². The van der Waals surface area contributed by atoms with Gasteiger partial charge in [0, 0.05) is 6.54 Å². The van der Waals surface area contributed by atoms with Gasteiger partial charge < -0.3 is 10.6 Å². The lowest BCUT2D eigenvalue weighted by Gasteiger charge is -2.28. The summed E-state index contributed by atoms with van der Waals surface area (Å²) >= 11 is 0. The fourth-order valence-corrected chi connectivity index (χ4v) is 2.98. The molecule has 1 saturated heterocycles. The molecule has 1 aliphatic carbocycles. The van der Waals surface area contributed by atoms with Crippen LogP contribution in [-0.4, -0.2) is 24.5 Å². The first-order valence-electron chi connectivity index (χ1n) is 6.58.